The Hall–Kier alpha value is -2.34. The lowest BCUT2D eigenvalue weighted by molar-refractivity contribution is -0.158. The molecule has 4 N–H and O–H groups in total. The number of carbonyl (C=O) groups excluding carboxylic acids is 2. The van der Waals surface area contributed by atoms with Crippen molar-refractivity contribution in [3.63, 3.8) is 0 Å². The minimum Gasteiger partial charge on any atom is -0.458 e. The van der Waals surface area contributed by atoms with Gasteiger partial charge >= 0.3 is 5.97 Å². The van der Waals surface area contributed by atoms with Crippen LogP contribution < -0.4 is 11.1 Å². The summed E-state index contributed by atoms with van der Waals surface area (Å²) in [5.41, 5.74) is 6.64. The third-order valence-corrected chi connectivity index (χ3v) is 3.31. The lowest BCUT2D eigenvalue weighted by Gasteiger charge is -2.24. The number of aromatic amines is 1. The van der Waals surface area contributed by atoms with Crippen LogP contribution in [0.3, 0.4) is 0 Å². The minimum absolute atomic E-state index is 0.173. The van der Waals surface area contributed by atoms with Crippen molar-refractivity contribution in [3.8, 4) is 0 Å². The fourth-order valence-electron chi connectivity index (χ4n) is 2.34. The van der Waals surface area contributed by atoms with Crippen LogP contribution in [0.15, 0.2) is 30.5 Å². The number of nitrogens with one attached hydrogen (secondary N) is 2. The molecule has 0 aliphatic rings. The van der Waals surface area contributed by atoms with E-state index < -0.39 is 17.6 Å². The molecule has 0 fully saturated rings. The van der Waals surface area contributed by atoms with Crippen LogP contribution in [0.2, 0.25) is 0 Å². The summed E-state index contributed by atoms with van der Waals surface area (Å²) in [5.74, 6) is -0.856. The first-order valence-corrected chi connectivity index (χ1v) is 7.57. The number of nitrogens with two attached hydrogens (primary N) is 1. The van der Waals surface area contributed by atoms with Crippen molar-refractivity contribution in [3.05, 3.63) is 36.0 Å². The Morgan fingerprint density at radius 3 is 2.65 bits per heavy atom. The quantitative estimate of drug-likeness (QED) is 0.728. The molecule has 0 aliphatic heterocycles. The number of fused-ring (bicyclic) bond motifs is 1. The molecule has 23 heavy (non-hydrogen) atoms. The molecule has 1 amide bonds. The molecule has 1 heterocycles. The molecule has 124 valence electrons. The Bertz CT molecular complexity index is 700. The number of para-hydroxylation sites is 1. The van der Waals surface area contributed by atoms with Crippen LogP contribution in [0.5, 0.6) is 0 Å². The first-order valence-electron chi connectivity index (χ1n) is 7.57. The van der Waals surface area contributed by atoms with E-state index in [0.29, 0.717) is 6.42 Å². The predicted octanol–water partition coefficient (Wildman–Crippen LogP) is 1.50. The van der Waals surface area contributed by atoms with Gasteiger partial charge < -0.3 is 20.8 Å². The number of hydrogen-bond acceptors (Lipinski definition) is 4. The second-order valence-electron chi connectivity index (χ2n) is 6.42. The van der Waals surface area contributed by atoms with Crippen molar-refractivity contribution in [2.24, 2.45) is 5.73 Å². The average Bonchev–Trinajstić information content (AvgIpc) is 2.88. The number of esters is 1. The van der Waals surface area contributed by atoms with Gasteiger partial charge in [0.05, 0.1) is 6.54 Å². The molecule has 0 bridgehead atoms. The van der Waals surface area contributed by atoms with Gasteiger partial charge in [-0.25, -0.2) is 4.79 Å². The number of amides is 1. The number of rotatable bonds is 5. The van der Waals surface area contributed by atoms with Gasteiger partial charge in [0, 0.05) is 23.5 Å². The van der Waals surface area contributed by atoms with E-state index >= 15 is 0 Å². The second-order valence-corrected chi connectivity index (χ2v) is 6.42. The highest BCUT2D eigenvalue weighted by atomic mass is 16.6. The summed E-state index contributed by atoms with van der Waals surface area (Å²) in [6.45, 7) is 5.20. The lowest BCUT2D eigenvalue weighted by atomic mass is 10.0. The third kappa shape index (κ3) is 4.56. The van der Waals surface area contributed by atoms with Crippen molar-refractivity contribution in [1.82, 2.24) is 10.3 Å². The molecule has 0 aliphatic carbocycles. The fraction of sp³-hybridized carbons (Fsp3) is 0.412. The van der Waals surface area contributed by atoms with Gasteiger partial charge in [-0.05, 0) is 32.4 Å². The first kappa shape index (κ1) is 17.0. The highest BCUT2D eigenvalue weighted by molar-refractivity contribution is 5.87. The van der Waals surface area contributed by atoms with Gasteiger partial charge in [0.25, 0.3) is 0 Å². The maximum absolute atomic E-state index is 12.4. The topological polar surface area (TPSA) is 97.2 Å². The van der Waals surface area contributed by atoms with Crippen molar-refractivity contribution < 1.29 is 14.3 Å². The maximum Gasteiger partial charge on any atom is 0.329 e. The van der Waals surface area contributed by atoms with Crippen LogP contribution in [0.1, 0.15) is 26.3 Å². The SMILES string of the molecule is CC(C)(C)OC(=O)C(Cc1c[nH]c2ccccc12)NC(=O)CN. The van der Waals surface area contributed by atoms with E-state index in [1.54, 1.807) is 20.8 Å². The summed E-state index contributed by atoms with van der Waals surface area (Å²) in [6, 6.07) is 7.02. The molecule has 1 atom stereocenters. The van der Waals surface area contributed by atoms with Crippen molar-refractivity contribution >= 4 is 22.8 Å². The summed E-state index contributed by atoms with van der Waals surface area (Å²) in [6.07, 6.45) is 2.18. The van der Waals surface area contributed by atoms with Crippen molar-refractivity contribution in [2.75, 3.05) is 6.54 Å². The molecule has 2 rings (SSSR count). The van der Waals surface area contributed by atoms with Gasteiger partial charge in [-0.1, -0.05) is 18.2 Å². The zero-order valence-electron chi connectivity index (χ0n) is 13.7. The largest absolute Gasteiger partial charge is 0.458 e. The Morgan fingerprint density at radius 1 is 1.30 bits per heavy atom. The minimum atomic E-state index is -0.774. The molecule has 1 aromatic heterocycles. The van der Waals surface area contributed by atoms with Crippen molar-refractivity contribution in [2.45, 2.75) is 38.8 Å². The zero-order valence-corrected chi connectivity index (χ0v) is 13.7. The lowest BCUT2D eigenvalue weighted by Crippen LogP contribution is -2.47. The van der Waals surface area contributed by atoms with Crippen LogP contribution in [-0.4, -0.2) is 35.0 Å². The number of aromatic nitrogens is 1. The highest BCUT2D eigenvalue weighted by Crippen LogP contribution is 2.20. The molecule has 0 spiro atoms. The molecule has 6 heteroatoms. The summed E-state index contributed by atoms with van der Waals surface area (Å²) in [4.78, 5) is 27.2. The van der Waals surface area contributed by atoms with E-state index in [0.717, 1.165) is 16.5 Å². The number of benzene rings is 1. The summed E-state index contributed by atoms with van der Waals surface area (Å²) in [5, 5.41) is 3.66. The molecule has 0 saturated heterocycles. The Balaban J connectivity index is 2.23. The standard InChI is InChI=1S/C17H23N3O3/c1-17(2,3)23-16(22)14(20-15(21)9-18)8-11-10-19-13-7-5-4-6-12(11)13/h4-7,10,14,19H,8-9,18H2,1-3H3,(H,20,21). The molecule has 1 unspecified atom stereocenters. The van der Waals surface area contributed by atoms with Gasteiger partial charge in [0.15, 0.2) is 0 Å². The van der Waals surface area contributed by atoms with E-state index in [4.69, 9.17) is 10.5 Å². The Morgan fingerprint density at radius 2 is 2.00 bits per heavy atom. The van der Waals surface area contributed by atoms with Crippen LogP contribution in [0.25, 0.3) is 10.9 Å². The van der Waals surface area contributed by atoms with E-state index in [-0.39, 0.29) is 12.5 Å². The van der Waals surface area contributed by atoms with E-state index in [9.17, 15) is 9.59 Å². The number of hydrogen-bond donors (Lipinski definition) is 3. The molecule has 2 aromatic rings. The highest BCUT2D eigenvalue weighted by Gasteiger charge is 2.27. The average molecular weight is 317 g/mol. The van der Waals surface area contributed by atoms with Gasteiger partial charge in [-0.15, -0.1) is 0 Å². The fourth-order valence-corrected chi connectivity index (χ4v) is 2.34. The predicted molar refractivity (Wildman–Crippen MR) is 88.8 cm³/mol. The number of carbonyl (C=O) groups is 2. The second kappa shape index (κ2) is 6.83. The van der Waals surface area contributed by atoms with Crippen molar-refractivity contribution in [1.29, 1.82) is 0 Å². The van der Waals surface area contributed by atoms with Crippen LogP contribution in [0, 0.1) is 0 Å². The molecular formula is C17H23N3O3. The summed E-state index contributed by atoms with van der Waals surface area (Å²) < 4.78 is 5.40. The normalized spacial score (nSPS) is 12.9. The van der Waals surface area contributed by atoms with Gasteiger partial charge in [-0.2, -0.15) is 0 Å². The van der Waals surface area contributed by atoms with Gasteiger partial charge in [0.2, 0.25) is 5.91 Å². The van der Waals surface area contributed by atoms with Crippen LogP contribution >= 0.6 is 0 Å². The molecule has 6 nitrogen and oxygen atoms in total. The van der Waals surface area contributed by atoms with E-state index in [2.05, 4.69) is 10.3 Å². The van der Waals surface area contributed by atoms with Crippen LogP contribution in [0.4, 0.5) is 0 Å². The third-order valence-electron chi connectivity index (χ3n) is 3.31. The number of H-pyrrole nitrogens is 1. The smallest absolute Gasteiger partial charge is 0.329 e. The molecule has 0 saturated carbocycles. The van der Waals surface area contributed by atoms with E-state index in [1.165, 1.54) is 0 Å². The van der Waals surface area contributed by atoms with E-state index in [1.807, 2.05) is 30.5 Å². The Kier molecular flexibility index (Phi) is 5.05. The Labute approximate surface area is 135 Å². The molecule has 0 radical (unpaired) electrons. The number of ether oxygens (including phenoxy) is 1. The molecular weight excluding hydrogens is 294 g/mol. The maximum atomic E-state index is 12.4. The first-order chi connectivity index (χ1) is 10.8. The zero-order chi connectivity index (χ0) is 17.0. The van der Waals surface area contributed by atoms with Crippen LogP contribution in [-0.2, 0) is 20.7 Å². The molecule has 1 aromatic carbocycles. The summed E-state index contributed by atoms with van der Waals surface area (Å²) >= 11 is 0. The summed E-state index contributed by atoms with van der Waals surface area (Å²) in [7, 11) is 0. The monoisotopic (exact) mass is 317 g/mol. The van der Waals surface area contributed by atoms with Gasteiger partial charge in [-0.3, -0.25) is 4.79 Å². The van der Waals surface area contributed by atoms with Gasteiger partial charge in [0.1, 0.15) is 11.6 Å².